The summed E-state index contributed by atoms with van der Waals surface area (Å²) in [4.78, 5) is 0. The van der Waals surface area contributed by atoms with E-state index in [-0.39, 0.29) is 0 Å². The molecule has 0 aliphatic heterocycles. The maximum Gasteiger partial charge on any atom is -0.0297 e. The summed E-state index contributed by atoms with van der Waals surface area (Å²) in [5.41, 5.74) is 1.37. The maximum absolute atomic E-state index is 3.95. The van der Waals surface area contributed by atoms with Crippen molar-refractivity contribution < 1.29 is 0 Å². The Morgan fingerprint density at radius 3 is 2.08 bits per heavy atom. The predicted octanol–water partition coefficient (Wildman–Crippen LogP) is 4.56. The van der Waals surface area contributed by atoms with Crippen LogP contribution in [0.1, 0.15) is 59.3 Å². The minimum Gasteiger partial charge on any atom is -0.100 e. The van der Waals surface area contributed by atoms with Gasteiger partial charge in [0.1, 0.15) is 0 Å². The molecule has 12 heavy (non-hydrogen) atoms. The molecule has 0 nitrogen and oxygen atoms in total. The first-order valence-corrected chi connectivity index (χ1v) is 5.43. The summed E-state index contributed by atoms with van der Waals surface area (Å²) in [6.07, 6.45) is 8.56. The van der Waals surface area contributed by atoms with Gasteiger partial charge in [-0.15, -0.1) is 6.58 Å². The van der Waals surface area contributed by atoms with E-state index in [0.29, 0.717) is 0 Å². The van der Waals surface area contributed by atoms with Crippen LogP contribution in [0.5, 0.6) is 0 Å². The first-order valence-electron chi connectivity index (χ1n) is 5.43. The first kappa shape index (κ1) is 11.7. The molecule has 0 amide bonds. The van der Waals surface area contributed by atoms with E-state index in [1.54, 1.807) is 0 Å². The van der Waals surface area contributed by atoms with E-state index in [0.717, 1.165) is 5.92 Å². The van der Waals surface area contributed by atoms with Crippen molar-refractivity contribution in [3.8, 4) is 0 Å². The van der Waals surface area contributed by atoms with Gasteiger partial charge in [0, 0.05) is 0 Å². The van der Waals surface area contributed by atoms with Crippen LogP contribution in [0.25, 0.3) is 0 Å². The van der Waals surface area contributed by atoms with E-state index in [4.69, 9.17) is 0 Å². The normalized spacial score (nSPS) is 17.9. The molecule has 1 aliphatic rings. The van der Waals surface area contributed by atoms with Crippen molar-refractivity contribution in [1.29, 1.82) is 0 Å². The molecule has 72 valence electrons. The summed E-state index contributed by atoms with van der Waals surface area (Å²) < 4.78 is 0. The quantitative estimate of drug-likeness (QED) is 0.530. The number of rotatable bonds is 2. The second kappa shape index (κ2) is 7.39. The lowest BCUT2D eigenvalue weighted by Gasteiger charge is -2.21. The van der Waals surface area contributed by atoms with Gasteiger partial charge in [0.25, 0.3) is 0 Å². The van der Waals surface area contributed by atoms with Gasteiger partial charge in [0.05, 0.1) is 0 Å². The third-order valence-corrected chi connectivity index (χ3v) is 2.36. The Morgan fingerprint density at radius 2 is 1.67 bits per heavy atom. The summed E-state index contributed by atoms with van der Waals surface area (Å²) in [6, 6.07) is 0. The molecule has 0 heteroatoms. The Morgan fingerprint density at radius 1 is 1.17 bits per heavy atom. The van der Waals surface area contributed by atoms with Crippen LogP contribution < -0.4 is 0 Å². The van der Waals surface area contributed by atoms with Crippen LogP contribution in [0.2, 0.25) is 0 Å². The standard InChI is InChI=1S/C10H18.C2H6/c1-9(2)8-10-6-4-3-5-7-10;1-2/h10H,1,3-8H2,2H3;1-2H3. The lowest BCUT2D eigenvalue weighted by molar-refractivity contribution is 0.356. The third-order valence-electron chi connectivity index (χ3n) is 2.36. The Hall–Kier alpha value is -0.260. The zero-order chi connectivity index (χ0) is 9.40. The minimum atomic E-state index is 0.978. The first-order chi connectivity index (χ1) is 5.79. The van der Waals surface area contributed by atoms with Crippen molar-refractivity contribution in [2.45, 2.75) is 59.3 Å². The summed E-state index contributed by atoms with van der Waals surface area (Å²) in [5.74, 6) is 0.978. The molecule has 0 aromatic rings. The molecule has 0 atom stereocenters. The van der Waals surface area contributed by atoms with Crippen LogP contribution in [0.3, 0.4) is 0 Å². The van der Waals surface area contributed by atoms with Crippen molar-refractivity contribution >= 4 is 0 Å². The summed E-state index contributed by atoms with van der Waals surface area (Å²) in [5, 5.41) is 0. The average Bonchev–Trinajstić information content (AvgIpc) is 2.08. The maximum atomic E-state index is 3.95. The number of hydrogen-bond acceptors (Lipinski definition) is 0. The van der Waals surface area contributed by atoms with E-state index < -0.39 is 0 Å². The molecule has 0 saturated heterocycles. The monoisotopic (exact) mass is 168 g/mol. The van der Waals surface area contributed by atoms with Crippen molar-refractivity contribution in [3.63, 3.8) is 0 Å². The molecule has 0 aromatic heterocycles. The van der Waals surface area contributed by atoms with Crippen LogP contribution in [-0.4, -0.2) is 0 Å². The molecule has 1 aliphatic carbocycles. The largest absolute Gasteiger partial charge is 0.100 e. The van der Waals surface area contributed by atoms with E-state index >= 15 is 0 Å². The molecule has 0 bridgehead atoms. The van der Waals surface area contributed by atoms with Crippen molar-refractivity contribution in [1.82, 2.24) is 0 Å². The van der Waals surface area contributed by atoms with Gasteiger partial charge in [-0.05, 0) is 19.3 Å². The average molecular weight is 168 g/mol. The lowest BCUT2D eigenvalue weighted by Crippen LogP contribution is -2.05. The van der Waals surface area contributed by atoms with Crippen LogP contribution in [0.4, 0.5) is 0 Å². The van der Waals surface area contributed by atoms with Crippen molar-refractivity contribution in [2.24, 2.45) is 5.92 Å². The fourth-order valence-corrected chi connectivity index (χ4v) is 1.88. The molecule has 1 rings (SSSR count). The van der Waals surface area contributed by atoms with E-state index in [9.17, 15) is 0 Å². The second-order valence-corrected chi connectivity index (χ2v) is 3.67. The van der Waals surface area contributed by atoms with E-state index in [2.05, 4.69) is 13.5 Å². The highest BCUT2D eigenvalue weighted by molar-refractivity contribution is 4.90. The number of allylic oxidation sites excluding steroid dienone is 1. The summed E-state index contributed by atoms with van der Waals surface area (Å²) in [7, 11) is 0. The van der Waals surface area contributed by atoms with Gasteiger partial charge in [0.15, 0.2) is 0 Å². The van der Waals surface area contributed by atoms with Crippen LogP contribution in [0.15, 0.2) is 12.2 Å². The molecular formula is C12H24. The molecule has 0 N–H and O–H groups in total. The second-order valence-electron chi connectivity index (χ2n) is 3.67. The van der Waals surface area contributed by atoms with Crippen molar-refractivity contribution in [3.05, 3.63) is 12.2 Å². The van der Waals surface area contributed by atoms with Crippen LogP contribution in [-0.2, 0) is 0 Å². The zero-order valence-corrected chi connectivity index (χ0v) is 9.03. The molecule has 1 saturated carbocycles. The highest BCUT2D eigenvalue weighted by atomic mass is 14.2. The summed E-state index contributed by atoms with van der Waals surface area (Å²) >= 11 is 0. The van der Waals surface area contributed by atoms with Gasteiger partial charge < -0.3 is 0 Å². The fraction of sp³-hybridized carbons (Fsp3) is 0.833. The minimum absolute atomic E-state index is 0.978. The van der Waals surface area contributed by atoms with Gasteiger partial charge in [-0.25, -0.2) is 0 Å². The Bertz CT molecular complexity index is 107. The lowest BCUT2D eigenvalue weighted by atomic mass is 9.85. The third kappa shape index (κ3) is 5.40. The molecular weight excluding hydrogens is 144 g/mol. The molecule has 0 unspecified atom stereocenters. The molecule has 0 radical (unpaired) electrons. The van der Waals surface area contributed by atoms with Crippen LogP contribution >= 0.6 is 0 Å². The van der Waals surface area contributed by atoms with Gasteiger partial charge in [-0.2, -0.15) is 0 Å². The zero-order valence-electron chi connectivity index (χ0n) is 9.03. The Kier molecular flexibility index (Phi) is 7.23. The van der Waals surface area contributed by atoms with E-state index in [1.807, 2.05) is 13.8 Å². The molecule has 0 heterocycles. The molecule has 0 aromatic carbocycles. The SMILES string of the molecule is C=C(C)CC1CCCCC1.CC. The van der Waals surface area contributed by atoms with Gasteiger partial charge in [0.2, 0.25) is 0 Å². The Labute approximate surface area is 78.1 Å². The summed E-state index contributed by atoms with van der Waals surface area (Å²) in [6.45, 7) is 10.1. The smallest absolute Gasteiger partial charge is 0.0297 e. The topological polar surface area (TPSA) is 0 Å². The van der Waals surface area contributed by atoms with Crippen LogP contribution in [0, 0.1) is 5.92 Å². The van der Waals surface area contributed by atoms with Gasteiger partial charge in [-0.1, -0.05) is 51.5 Å². The van der Waals surface area contributed by atoms with Gasteiger partial charge >= 0.3 is 0 Å². The number of hydrogen-bond donors (Lipinski definition) is 0. The van der Waals surface area contributed by atoms with Gasteiger partial charge in [-0.3, -0.25) is 0 Å². The molecule has 0 spiro atoms. The molecule has 1 fully saturated rings. The predicted molar refractivity (Wildman–Crippen MR) is 57.4 cm³/mol. The highest BCUT2D eigenvalue weighted by Gasteiger charge is 2.12. The van der Waals surface area contributed by atoms with E-state index in [1.165, 1.54) is 44.1 Å². The van der Waals surface area contributed by atoms with Crippen molar-refractivity contribution in [2.75, 3.05) is 0 Å². The fourth-order valence-electron chi connectivity index (χ4n) is 1.88. The Balaban J connectivity index is 0.000000561. The highest BCUT2D eigenvalue weighted by Crippen LogP contribution is 2.27.